The van der Waals surface area contributed by atoms with Crippen LogP contribution >= 0.6 is 11.8 Å². The molecule has 108 valence electrons. The summed E-state index contributed by atoms with van der Waals surface area (Å²) in [5.41, 5.74) is 0.173. The van der Waals surface area contributed by atoms with E-state index in [2.05, 4.69) is 9.98 Å². The van der Waals surface area contributed by atoms with Gasteiger partial charge in [-0.15, -0.1) is 0 Å². The fourth-order valence-corrected chi connectivity index (χ4v) is 2.86. The third-order valence-corrected chi connectivity index (χ3v) is 4.41. The summed E-state index contributed by atoms with van der Waals surface area (Å²) >= 11 is 1.33. The van der Waals surface area contributed by atoms with Gasteiger partial charge in [-0.2, -0.15) is 5.01 Å². The van der Waals surface area contributed by atoms with Gasteiger partial charge in [-0.1, -0.05) is 30.0 Å². The summed E-state index contributed by atoms with van der Waals surface area (Å²) in [6, 6.07) is 9.36. The molecule has 1 unspecified atom stereocenters. The van der Waals surface area contributed by atoms with E-state index in [-0.39, 0.29) is 11.7 Å². The van der Waals surface area contributed by atoms with Crippen LogP contribution in [0.5, 0.6) is 0 Å². The predicted octanol–water partition coefficient (Wildman–Crippen LogP) is 1.79. The van der Waals surface area contributed by atoms with Crippen LogP contribution in [0.3, 0.4) is 0 Å². The standard InChI is InChI=1S/C14H15N5OS/c1-14-10(16-13(21-3)17-12(14)15)11(20)19(18(14)2)9-7-5-4-6-8-9/h4-8,15H,1-3H3. The SMILES string of the molecule is CSC1=NC(=N)C2(C)C(=N1)C(=O)N(c1ccccc1)N2C. The first-order valence-electron chi connectivity index (χ1n) is 6.44. The van der Waals surface area contributed by atoms with Crippen molar-refractivity contribution in [3.63, 3.8) is 0 Å². The molecule has 1 amide bonds. The van der Waals surface area contributed by atoms with Gasteiger partial charge in [0.25, 0.3) is 5.91 Å². The summed E-state index contributed by atoms with van der Waals surface area (Å²) in [5.74, 6) is -0.0801. The average molecular weight is 301 g/mol. The van der Waals surface area contributed by atoms with Crippen LogP contribution in [0, 0.1) is 5.41 Å². The fraction of sp³-hybridized carbons (Fsp3) is 0.286. The van der Waals surface area contributed by atoms with Crippen molar-refractivity contribution in [3.05, 3.63) is 30.3 Å². The molecule has 1 saturated heterocycles. The number of carbonyl (C=O) groups is 1. The molecule has 0 bridgehead atoms. The Balaban J connectivity index is 2.12. The van der Waals surface area contributed by atoms with Crippen molar-refractivity contribution in [1.82, 2.24) is 5.01 Å². The van der Waals surface area contributed by atoms with E-state index in [1.165, 1.54) is 11.8 Å². The third kappa shape index (κ3) is 1.85. The number of amidine groups is 2. The lowest BCUT2D eigenvalue weighted by atomic mass is 9.94. The van der Waals surface area contributed by atoms with E-state index in [9.17, 15) is 4.79 Å². The molecule has 1 atom stereocenters. The number of fused-ring (bicyclic) bond motifs is 1. The molecular formula is C14H15N5OS. The number of likely N-dealkylation sites (N-methyl/N-ethyl adjacent to an activating group) is 1. The monoisotopic (exact) mass is 301 g/mol. The smallest absolute Gasteiger partial charge is 0.285 e. The lowest BCUT2D eigenvalue weighted by Crippen LogP contribution is -2.54. The highest BCUT2D eigenvalue weighted by Gasteiger charge is 2.56. The molecule has 0 aliphatic carbocycles. The van der Waals surface area contributed by atoms with Crippen LogP contribution in [0.1, 0.15) is 6.92 Å². The van der Waals surface area contributed by atoms with Gasteiger partial charge >= 0.3 is 0 Å². The second-order valence-corrected chi connectivity index (χ2v) is 5.73. The fourth-order valence-electron chi connectivity index (χ4n) is 2.50. The molecular weight excluding hydrogens is 286 g/mol. The van der Waals surface area contributed by atoms with E-state index in [0.717, 1.165) is 5.69 Å². The molecule has 0 aromatic heterocycles. The van der Waals surface area contributed by atoms with Gasteiger partial charge in [0.05, 0.1) is 5.69 Å². The van der Waals surface area contributed by atoms with Crippen LogP contribution in [0.4, 0.5) is 5.69 Å². The summed E-state index contributed by atoms with van der Waals surface area (Å²) < 4.78 is 0. The summed E-state index contributed by atoms with van der Waals surface area (Å²) in [6.07, 6.45) is 1.83. The molecule has 7 heteroatoms. The Hall–Kier alpha value is -1.99. The number of hydrogen-bond donors (Lipinski definition) is 1. The van der Waals surface area contributed by atoms with Crippen LogP contribution in [-0.4, -0.2) is 46.5 Å². The molecule has 3 rings (SSSR count). The number of thioether (sulfide) groups is 1. The Morgan fingerprint density at radius 1 is 1.24 bits per heavy atom. The number of nitrogens with zero attached hydrogens (tertiary/aromatic N) is 4. The second-order valence-electron chi connectivity index (χ2n) is 4.96. The molecule has 1 fully saturated rings. The zero-order valence-electron chi connectivity index (χ0n) is 12.0. The minimum atomic E-state index is -0.924. The Bertz CT molecular complexity index is 684. The van der Waals surface area contributed by atoms with Crippen molar-refractivity contribution in [1.29, 1.82) is 5.41 Å². The molecule has 2 aliphatic heterocycles. The minimum Gasteiger partial charge on any atom is -0.285 e. The molecule has 1 aromatic carbocycles. The number of benzene rings is 1. The minimum absolute atomic E-state index is 0.131. The summed E-state index contributed by atoms with van der Waals surface area (Å²) in [6.45, 7) is 1.80. The van der Waals surface area contributed by atoms with E-state index in [1.54, 1.807) is 24.0 Å². The topological polar surface area (TPSA) is 72.1 Å². The highest BCUT2D eigenvalue weighted by molar-refractivity contribution is 8.13. The molecule has 21 heavy (non-hydrogen) atoms. The van der Waals surface area contributed by atoms with Crippen LogP contribution in [0.25, 0.3) is 0 Å². The third-order valence-electron chi connectivity index (χ3n) is 3.86. The van der Waals surface area contributed by atoms with Gasteiger partial charge in [-0.3, -0.25) is 10.2 Å². The van der Waals surface area contributed by atoms with Gasteiger partial charge in [-0.05, 0) is 25.3 Å². The highest BCUT2D eigenvalue weighted by atomic mass is 32.2. The molecule has 0 saturated carbocycles. The van der Waals surface area contributed by atoms with Crippen LogP contribution in [-0.2, 0) is 4.79 Å². The van der Waals surface area contributed by atoms with Crippen molar-refractivity contribution in [2.24, 2.45) is 9.98 Å². The number of anilines is 1. The maximum Gasteiger partial charge on any atom is 0.289 e. The van der Waals surface area contributed by atoms with E-state index in [4.69, 9.17) is 5.41 Å². The van der Waals surface area contributed by atoms with Crippen molar-refractivity contribution in [3.8, 4) is 0 Å². The number of hydrogen-bond acceptors (Lipinski definition) is 5. The van der Waals surface area contributed by atoms with Crippen LogP contribution < -0.4 is 5.01 Å². The first kappa shape index (κ1) is 14.0. The second kappa shape index (κ2) is 4.78. The molecule has 0 radical (unpaired) electrons. The van der Waals surface area contributed by atoms with Gasteiger partial charge in [0.15, 0.2) is 11.0 Å². The summed E-state index contributed by atoms with van der Waals surface area (Å²) in [5, 5.41) is 11.9. The number of nitrogens with one attached hydrogen (secondary N) is 1. The van der Waals surface area contributed by atoms with Crippen molar-refractivity contribution >= 4 is 40.1 Å². The number of hydrazine groups is 1. The lowest BCUT2D eigenvalue weighted by molar-refractivity contribution is -0.113. The zero-order chi connectivity index (χ0) is 15.2. The van der Waals surface area contributed by atoms with Crippen molar-refractivity contribution < 1.29 is 4.79 Å². The summed E-state index contributed by atoms with van der Waals surface area (Å²) in [7, 11) is 1.78. The molecule has 1 aromatic rings. The van der Waals surface area contributed by atoms with E-state index < -0.39 is 5.54 Å². The molecule has 0 spiro atoms. The number of carbonyl (C=O) groups excluding carboxylic acids is 1. The largest absolute Gasteiger partial charge is 0.289 e. The average Bonchev–Trinajstić information content (AvgIpc) is 2.69. The zero-order valence-corrected chi connectivity index (χ0v) is 12.8. The maximum atomic E-state index is 12.8. The quantitative estimate of drug-likeness (QED) is 0.859. The Kier molecular flexibility index (Phi) is 3.18. The van der Waals surface area contributed by atoms with Gasteiger partial charge in [0.1, 0.15) is 11.3 Å². The number of amides is 1. The highest BCUT2D eigenvalue weighted by Crippen LogP contribution is 2.34. The molecule has 6 nitrogen and oxygen atoms in total. The first-order chi connectivity index (χ1) is 10.00. The predicted molar refractivity (Wildman–Crippen MR) is 86.2 cm³/mol. The number of rotatable bonds is 1. The Morgan fingerprint density at radius 3 is 2.52 bits per heavy atom. The summed E-state index contributed by atoms with van der Waals surface area (Å²) in [4.78, 5) is 21.3. The van der Waals surface area contributed by atoms with E-state index in [0.29, 0.717) is 10.9 Å². The van der Waals surface area contributed by atoms with E-state index >= 15 is 0 Å². The van der Waals surface area contributed by atoms with Gasteiger partial charge < -0.3 is 0 Å². The van der Waals surface area contributed by atoms with Gasteiger partial charge in [0.2, 0.25) is 0 Å². The van der Waals surface area contributed by atoms with Crippen LogP contribution in [0.2, 0.25) is 0 Å². The van der Waals surface area contributed by atoms with Gasteiger partial charge in [0, 0.05) is 7.05 Å². The first-order valence-corrected chi connectivity index (χ1v) is 7.66. The maximum absolute atomic E-state index is 12.8. The van der Waals surface area contributed by atoms with Crippen LogP contribution in [0.15, 0.2) is 40.3 Å². The molecule has 2 heterocycles. The van der Waals surface area contributed by atoms with Crippen molar-refractivity contribution in [2.45, 2.75) is 12.5 Å². The Labute approximate surface area is 127 Å². The van der Waals surface area contributed by atoms with Crippen molar-refractivity contribution in [2.75, 3.05) is 18.3 Å². The Morgan fingerprint density at radius 2 is 1.90 bits per heavy atom. The van der Waals surface area contributed by atoms with E-state index in [1.807, 2.05) is 36.6 Å². The van der Waals surface area contributed by atoms with Gasteiger partial charge in [-0.25, -0.2) is 15.0 Å². The molecule has 1 N–H and O–H groups in total. The number of aliphatic imine (C=N–C) groups is 2. The lowest BCUT2D eigenvalue weighted by Gasteiger charge is -2.34. The molecule has 2 aliphatic rings. The number of para-hydroxylation sites is 1. The normalized spacial score (nSPS) is 25.8.